The standard InChI is InChI=1S/C25H19N3O2S/c1-29-19-12-8-16(9-13-19)21-22(17-6-4-3-5-7-17)26-23(25-24(21)27-31-28-25)18-10-14-20(30-2)15-11-18/h3-15H,1-2H3. The first-order valence-corrected chi connectivity index (χ1v) is 10.5. The number of hydrogen-bond donors (Lipinski definition) is 0. The van der Waals surface area contributed by atoms with Crippen LogP contribution in [0, 0.1) is 0 Å². The van der Waals surface area contributed by atoms with Gasteiger partial charge in [-0.15, -0.1) is 0 Å². The van der Waals surface area contributed by atoms with E-state index in [0.29, 0.717) is 0 Å². The first-order chi connectivity index (χ1) is 15.3. The van der Waals surface area contributed by atoms with Crippen molar-refractivity contribution in [3.63, 3.8) is 0 Å². The number of benzene rings is 3. The van der Waals surface area contributed by atoms with Gasteiger partial charge in [0.25, 0.3) is 0 Å². The molecule has 2 heterocycles. The van der Waals surface area contributed by atoms with E-state index < -0.39 is 0 Å². The predicted octanol–water partition coefficient (Wildman–Crippen LogP) is 6.10. The normalized spacial score (nSPS) is 10.9. The van der Waals surface area contributed by atoms with Gasteiger partial charge in [-0.25, -0.2) is 4.98 Å². The Morgan fingerprint density at radius 1 is 0.581 bits per heavy atom. The minimum Gasteiger partial charge on any atom is -0.497 e. The highest BCUT2D eigenvalue weighted by Gasteiger charge is 2.21. The third-order valence-electron chi connectivity index (χ3n) is 5.20. The van der Waals surface area contributed by atoms with Crippen LogP contribution in [-0.4, -0.2) is 28.0 Å². The Hall–Kier alpha value is -3.77. The quantitative estimate of drug-likeness (QED) is 0.340. The first kappa shape index (κ1) is 19.2. The Labute approximate surface area is 184 Å². The highest BCUT2D eigenvalue weighted by Crippen LogP contribution is 2.40. The van der Waals surface area contributed by atoms with E-state index in [4.69, 9.17) is 14.5 Å². The van der Waals surface area contributed by atoms with Gasteiger partial charge in [-0.3, -0.25) is 0 Å². The zero-order valence-electron chi connectivity index (χ0n) is 17.1. The van der Waals surface area contributed by atoms with E-state index in [-0.39, 0.29) is 0 Å². The fourth-order valence-corrected chi connectivity index (χ4v) is 4.18. The van der Waals surface area contributed by atoms with Crippen LogP contribution in [0.15, 0.2) is 78.9 Å². The molecule has 0 saturated heterocycles. The van der Waals surface area contributed by atoms with E-state index in [1.165, 1.54) is 11.7 Å². The fourth-order valence-electron chi connectivity index (χ4n) is 3.63. The molecule has 0 saturated carbocycles. The SMILES string of the molecule is COc1ccc(-c2nc(-c3ccccc3)c(-c3ccc(OC)cc3)c3nsnc23)cc1. The molecule has 152 valence electrons. The molecule has 0 spiro atoms. The Morgan fingerprint density at radius 2 is 1.13 bits per heavy atom. The highest BCUT2D eigenvalue weighted by molar-refractivity contribution is 7.00. The molecule has 0 bridgehead atoms. The van der Waals surface area contributed by atoms with Crippen molar-refractivity contribution in [3.8, 4) is 45.1 Å². The molecule has 5 rings (SSSR count). The summed E-state index contributed by atoms with van der Waals surface area (Å²) in [5.41, 5.74) is 7.30. The van der Waals surface area contributed by atoms with Crippen molar-refractivity contribution in [2.75, 3.05) is 14.2 Å². The maximum atomic E-state index is 5.34. The average molecular weight is 426 g/mol. The minimum atomic E-state index is 0.792. The van der Waals surface area contributed by atoms with Gasteiger partial charge in [-0.1, -0.05) is 42.5 Å². The van der Waals surface area contributed by atoms with Crippen molar-refractivity contribution in [1.82, 2.24) is 13.7 Å². The summed E-state index contributed by atoms with van der Waals surface area (Å²) >= 11 is 1.20. The van der Waals surface area contributed by atoms with Gasteiger partial charge in [0, 0.05) is 16.7 Å². The van der Waals surface area contributed by atoms with E-state index in [1.807, 2.05) is 66.7 Å². The van der Waals surface area contributed by atoms with Gasteiger partial charge in [-0.05, 0) is 42.0 Å². The van der Waals surface area contributed by atoms with E-state index in [0.717, 1.165) is 56.2 Å². The van der Waals surface area contributed by atoms with Crippen LogP contribution in [-0.2, 0) is 0 Å². The molecule has 0 aliphatic rings. The lowest BCUT2D eigenvalue weighted by Gasteiger charge is -2.14. The Bertz CT molecular complexity index is 1330. The van der Waals surface area contributed by atoms with Crippen LogP contribution in [0.1, 0.15) is 0 Å². The molecule has 0 aliphatic carbocycles. The van der Waals surface area contributed by atoms with Crippen LogP contribution in [0.4, 0.5) is 0 Å². The van der Waals surface area contributed by atoms with Crippen LogP contribution in [0.2, 0.25) is 0 Å². The molecule has 3 aromatic carbocycles. The number of rotatable bonds is 5. The maximum Gasteiger partial charge on any atom is 0.131 e. The molecule has 0 fully saturated rings. The molecule has 0 atom stereocenters. The molecule has 2 aromatic heterocycles. The predicted molar refractivity (Wildman–Crippen MR) is 125 cm³/mol. The smallest absolute Gasteiger partial charge is 0.131 e. The van der Waals surface area contributed by atoms with Gasteiger partial charge in [0.15, 0.2) is 0 Å². The molecule has 0 aliphatic heterocycles. The third kappa shape index (κ3) is 3.51. The van der Waals surface area contributed by atoms with E-state index in [1.54, 1.807) is 14.2 Å². The molecular weight excluding hydrogens is 406 g/mol. The second-order valence-corrected chi connectivity index (χ2v) is 7.50. The van der Waals surface area contributed by atoms with Crippen molar-refractivity contribution in [1.29, 1.82) is 0 Å². The van der Waals surface area contributed by atoms with Gasteiger partial charge in [0.05, 0.1) is 31.6 Å². The van der Waals surface area contributed by atoms with Crippen LogP contribution >= 0.6 is 11.7 Å². The molecular formula is C25H19N3O2S. The van der Waals surface area contributed by atoms with Gasteiger partial charge in [0.1, 0.15) is 28.2 Å². The molecule has 0 unspecified atom stereocenters. The summed E-state index contributed by atoms with van der Waals surface area (Å²) in [5.74, 6) is 1.61. The maximum absolute atomic E-state index is 5.34. The number of hydrogen-bond acceptors (Lipinski definition) is 6. The molecule has 5 nitrogen and oxygen atoms in total. The highest BCUT2D eigenvalue weighted by atomic mass is 32.1. The third-order valence-corrected chi connectivity index (χ3v) is 5.73. The van der Waals surface area contributed by atoms with Crippen molar-refractivity contribution in [3.05, 3.63) is 78.9 Å². The topological polar surface area (TPSA) is 57.1 Å². The number of nitrogens with zero attached hydrogens (tertiary/aromatic N) is 3. The molecule has 6 heteroatoms. The molecule has 31 heavy (non-hydrogen) atoms. The van der Waals surface area contributed by atoms with Gasteiger partial charge < -0.3 is 9.47 Å². The van der Waals surface area contributed by atoms with E-state index in [9.17, 15) is 0 Å². The first-order valence-electron chi connectivity index (χ1n) is 9.79. The summed E-state index contributed by atoms with van der Waals surface area (Å²) in [6.07, 6.45) is 0. The zero-order valence-corrected chi connectivity index (χ0v) is 17.9. The number of ether oxygens (including phenoxy) is 2. The van der Waals surface area contributed by atoms with E-state index >= 15 is 0 Å². The summed E-state index contributed by atoms with van der Waals surface area (Å²) in [6, 6.07) is 26.0. The second-order valence-electron chi connectivity index (χ2n) is 6.97. The van der Waals surface area contributed by atoms with Crippen molar-refractivity contribution < 1.29 is 9.47 Å². The zero-order chi connectivity index (χ0) is 21.2. The second kappa shape index (κ2) is 8.16. The average Bonchev–Trinajstić information content (AvgIpc) is 3.33. The van der Waals surface area contributed by atoms with Crippen LogP contribution in [0.5, 0.6) is 11.5 Å². The molecule has 0 N–H and O–H groups in total. The molecule has 0 amide bonds. The van der Waals surface area contributed by atoms with Gasteiger partial charge >= 0.3 is 0 Å². The number of fused-ring (bicyclic) bond motifs is 1. The Morgan fingerprint density at radius 3 is 1.74 bits per heavy atom. The van der Waals surface area contributed by atoms with Crippen molar-refractivity contribution >= 4 is 22.8 Å². The van der Waals surface area contributed by atoms with Crippen molar-refractivity contribution in [2.24, 2.45) is 0 Å². The monoisotopic (exact) mass is 425 g/mol. The summed E-state index contributed by atoms with van der Waals surface area (Å²) in [4.78, 5) is 5.12. The molecule has 5 aromatic rings. The number of aromatic nitrogens is 3. The number of methoxy groups -OCH3 is 2. The number of pyridine rings is 1. The van der Waals surface area contributed by atoms with Crippen molar-refractivity contribution in [2.45, 2.75) is 0 Å². The minimum absolute atomic E-state index is 0.792. The molecule has 0 radical (unpaired) electrons. The lowest BCUT2D eigenvalue weighted by molar-refractivity contribution is 0.415. The lowest BCUT2D eigenvalue weighted by atomic mass is 9.96. The van der Waals surface area contributed by atoms with Crippen LogP contribution in [0.25, 0.3) is 44.7 Å². The van der Waals surface area contributed by atoms with Crippen LogP contribution < -0.4 is 9.47 Å². The largest absolute Gasteiger partial charge is 0.497 e. The summed E-state index contributed by atoms with van der Waals surface area (Å²) < 4.78 is 19.9. The van der Waals surface area contributed by atoms with Crippen LogP contribution in [0.3, 0.4) is 0 Å². The summed E-state index contributed by atoms with van der Waals surface area (Å²) in [6.45, 7) is 0. The Kier molecular flexibility index (Phi) is 5.06. The lowest BCUT2D eigenvalue weighted by Crippen LogP contribution is -1.96. The van der Waals surface area contributed by atoms with Gasteiger partial charge in [0.2, 0.25) is 0 Å². The fraction of sp³-hybridized carbons (Fsp3) is 0.0800. The summed E-state index contributed by atoms with van der Waals surface area (Å²) in [7, 11) is 3.32. The van der Waals surface area contributed by atoms with Gasteiger partial charge in [-0.2, -0.15) is 8.75 Å². The summed E-state index contributed by atoms with van der Waals surface area (Å²) in [5, 5.41) is 0. The van der Waals surface area contributed by atoms with E-state index in [2.05, 4.69) is 20.9 Å². The Balaban J connectivity index is 1.80.